The first kappa shape index (κ1) is 15.6. The second-order valence-electron chi connectivity index (χ2n) is 4.48. The van der Waals surface area contributed by atoms with Crippen molar-refractivity contribution in [3.05, 3.63) is 35.9 Å². The van der Waals surface area contributed by atoms with Crippen molar-refractivity contribution in [2.45, 2.75) is 6.04 Å². The van der Waals surface area contributed by atoms with Gasteiger partial charge in [-0.1, -0.05) is 30.3 Å². The number of ether oxygens (including phenoxy) is 1. The minimum atomic E-state index is -0.606. The summed E-state index contributed by atoms with van der Waals surface area (Å²) >= 11 is 0. The Morgan fingerprint density at radius 1 is 1.37 bits per heavy atom. The van der Waals surface area contributed by atoms with Gasteiger partial charge >= 0.3 is 0 Å². The number of benzene rings is 1. The monoisotopic (exact) mass is 265 g/mol. The van der Waals surface area contributed by atoms with Crippen LogP contribution < -0.4 is 11.1 Å². The summed E-state index contributed by atoms with van der Waals surface area (Å²) in [6.45, 7) is 2.89. The van der Waals surface area contributed by atoms with Gasteiger partial charge in [0.1, 0.15) is 6.04 Å². The molecule has 0 aliphatic rings. The van der Waals surface area contributed by atoms with Gasteiger partial charge in [0.2, 0.25) is 5.91 Å². The highest BCUT2D eigenvalue weighted by Crippen LogP contribution is 2.08. The van der Waals surface area contributed by atoms with Crippen molar-refractivity contribution in [1.29, 1.82) is 0 Å². The van der Waals surface area contributed by atoms with Gasteiger partial charge in [-0.05, 0) is 12.6 Å². The van der Waals surface area contributed by atoms with Gasteiger partial charge in [0.15, 0.2) is 0 Å². The zero-order valence-corrected chi connectivity index (χ0v) is 11.6. The van der Waals surface area contributed by atoms with E-state index in [1.807, 2.05) is 37.4 Å². The third-order valence-corrected chi connectivity index (χ3v) is 2.91. The minimum Gasteiger partial charge on any atom is -0.383 e. The minimum absolute atomic E-state index is 0.147. The van der Waals surface area contributed by atoms with Crippen molar-refractivity contribution < 1.29 is 9.53 Å². The molecule has 1 aromatic carbocycles. The average molecular weight is 265 g/mol. The molecule has 0 aliphatic heterocycles. The molecule has 0 saturated heterocycles. The van der Waals surface area contributed by atoms with Gasteiger partial charge in [0.25, 0.3) is 0 Å². The van der Waals surface area contributed by atoms with Crippen LogP contribution in [-0.2, 0) is 9.53 Å². The molecule has 5 nitrogen and oxygen atoms in total. The molecular formula is C14H23N3O2. The highest BCUT2D eigenvalue weighted by atomic mass is 16.5. The van der Waals surface area contributed by atoms with Crippen LogP contribution in [0, 0.1) is 0 Å². The Morgan fingerprint density at radius 2 is 2.05 bits per heavy atom. The number of rotatable bonds is 8. The van der Waals surface area contributed by atoms with Gasteiger partial charge in [0, 0.05) is 26.7 Å². The molecule has 1 amide bonds. The molecule has 19 heavy (non-hydrogen) atoms. The molecule has 0 aliphatic carbocycles. The van der Waals surface area contributed by atoms with Crippen molar-refractivity contribution in [2.24, 2.45) is 5.73 Å². The van der Waals surface area contributed by atoms with Crippen LogP contribution in [0.5, 0.6) is 0 Å². The van der Waals surface area contributed by atoms with Crippen molar-refractivity contribution in [1.82, 2.24) is 10.2 Å². The maximum absolute atomic E-state index is 11.9. The smallest absolute Gasteiger partial charge is 0.241 e. The molecule has 5 heteroatoms. The summed E-state index contributed by atoms with van der Waals surface area (Å²) in [7, 11) is 3.66. The maximum atomic E-state index is 11.9. The van der Waals surface area contributed by atoms with E-state index in [1.165, 1.54) is 0 Å². The molecular weight excluding hydrogens is 242 g/mol. The number of hydrogen-bond donors (Lipinski definition) is 2. The zero-order valence-electron chi connectivity index (χ0n) is 11.6. The summed E-state index contributed by atoms with van der Waals surface area (Å²) < 4.78 is 4.99. The fourth-order valence-electron chi connectivity index (χ4n) is 1.65. The molecule has 3 N–H and O–H groups in total. The lowest BCUT2D eigenvalue weighted by Gasteiger charge is -2.17. The molecule has 1 rings (SSSR count). The van der Waals surface area contributed by atoms with Crippen molar-refractivity contribution in [3.8, 4) is 0 Å². The second kappa shape index (κ2) is 8.63. The standard InChI is InChI=1S/C14H23N3O2/c1-17(10-11-19-2)9-8-16-14(18)13(15)12-6-4-3-5-7-12/h3-7,13H,8-11,15H2,1-2H3,(H,16,18)/t13-/m0/s1. The van der Waals surface area contributed by atoms with Crippen LogP contribution in [0.15, 0.2) is 30.3 Å². The summed E-state index contributed by atoms with van der Waals surface area (Å²) in [5.41, 5.74) is 6.72. The maximum Gasteiger partial charge on any atom is 0.241 e. The van der Waals surface area contributed by atoms with Crippen molar-refractivity contribution in [2.75, 3.05) is 40.4 Å². The van der Waals surface area contributed by atoms with Gasteiger partial charge in [-0.3, -0.25) is 4.79 Å². The van der Waals surface area contributed by atoms with Crippen LogP contribution in [0.3, 0.4) is 0 Å². The predicted octanol–water partition coefficient (Wildman–Crippen LogP) is 0.381. The topological polar surface area (TPSA) is 67.6 Å². The Bertz CT molecular complexity index is 370. The SMILES string of the molecule is COCCN(C)CCNC(=O)[C@@H](N)c1ccccc1. The van der Waals surface area contributed by atoms with Crippen LogP contribution in [0.2, 0.25) is 0 Å². The molecule has 0 unspecified atom stereocenters. The number of methoxy groups -OCH3 is 1. The lowest BCUT2D eigenvalue weighted by atomic mass is 10.1. The predicted molar refractivity (Wildman–Crippen MR) is 75.8 cm³/mol. The Morgan fingerprint density at radius 3 is 2.68 bits per heavy atom. The number of nitrogens with zero attached hydrogens (tertiary/aromatic N) is 1. The number of hydrogen-bond acceptors (Lipinski definition) is 4. The fourth-order valence-corrected chi connectivity index (χ4v) is 1.65. The molecule has 0 aromatic heterocycles. The van der Waals surface area contributed by atoms with Crippen LogP contribution in [0.4, 0.5) is 0 Å². The van der Waals surface area contributed by atoms with Crippen LogP contribution in [0.1, 0.15) is 11.6 Å². The summed E-state index contributed by atoms with van der Waals surface area (Å²) in [6.07, 6.45) is 0. The van der Waals surface area contributed by atoms with Crippen molar-refractivity contribution in [3.63, 3.8) is 0 Å². The largest absolute Gasteiger partial charge is 0.383 e. The summed E-state index contributed by atoms with van der Waals surface area (Å²) in [6, 6.07) is 8.76. The Balaban J connectivity index is 2.28. The normalized spacial score (nSPS) is 12.4. The van der Waals surface area contributed by atoms with Crippen molar-refractivity contribution >= 4 is 5.91 Å². The lowest BCUT2D eigenvalue weighted by Crippen LogP contribution is -2.39. The number of nitrogens with two attached hydrogens (primary N) is 1. The van der Waals surface area contributed by atoms with E-state index in [9.17, 15) is 4.79 Å². The van der Waals surface area contributed by atoms with E-state index in [-0.39, 0.29) is 5.91 Å². The molecule has 0 spiro atoms. The quantitative estimate of drug-likeness (QED) is 0.713. The van der Waals surface area contributed by atoms with Crippen LogP contribution in [0.25, 0.3) is 0 Å². The van der Waals surface area contributed by atoms with E-state index in [0.29, 0.717) is 13.2 Å². The van der Waals surface area contributed by atoms with Gasteiger partial charge in [-0.2, -0.15) is 0 Å². The Hall–Kier alpha value is -1.43. The van der Waals surface area contributed by atoms with Gasteiger partial charge < -0.3 is 20.7 Å². The molecule has 0 saturated carbocycles. The Labute approximate surface area is 114 Å². The van der Waals surface area contributed by atoms with Gasteiger partial charge in [-0.15, -0.1) is 0 Å². The van der Waals surface area contributed by atoms with Crippen LogP contribution >= 0.6 is 0 Å². The van der Waals surface area contributed by atoms with E-state index in [1.54, 1.807) is 7.11 Å². The summed E-state index contributed by atoms with van der Waals surface area (Å²) in [4.78, 5) is 14.0. The first-order chi connectivity index (χ1) is 9.15. The molecule has 0 fully saturated rings. The first-order valence-electron chi connectivity index (χ1n) is 6.41. The molecule has 0 radical (unpaired) electrons. The molecule has 0 heterocycles. The molecule has 1 atom stereocenters. The average Bonchev–Trinajstić information content (AvgIpc) is 2.45. The van der Waals surface area contributed by atoms with E-state index >= 15 is 0 Å². The molecule has 1 aromatic rings. The first-order valence-corrected chi connectivity index (χ1v) is 6.41. The van der Waals surface area contributed by atoms with E-state index in [2.05, 4.69) is 10.2 Å². The second-order valence-corrected chi connectivity index (χ2v) is 4.48. The fraction of sp³-hybridized carbons (Fsp3) is 0.500. The van der Waals surface area contributed by atoms with E-state index < -0.39 is 6.04 Å². The van der Waals surface area contributed by atoms with E-state index in [0.717, 1.165) is 18.7 Å². The third kappa shape index (κ3) is 5.83. The number of carbonyl (C=O) groups excluding carboxylic acids is 1. The number of carbonyl (C=O) groups is 1. The Kier molecular flexibility index (Phi) is 7.10. The molecule has 0 bridgehead atoms. The highest BCUT2D eigenvalue weighted by Gasteiger charge is 2.14. The third-order valence-electron chi connectivity index (χ3n) is 2.91. The summed E-state index contributed by atoms with van der Waals surface area (Å²) in [5, 5.41) is 2.84. The number of likely N-dealkylation sites (N-methyl/N-ethyl adjacent to an activating group) is 1. The number of nitrogens with one attached hydrogen (secondary N) is 1. The number of amides is 1. The molecule has 106 valence electrons. The van der Waals surface area contributed by atoms with Gasteiger partial charge in [0.05, 0.1) is 6.61 Å². The summed E-state index contributed by atoms with van der Waals surface area (Å²) in [5.74, 6) is -0.147. The lowest BCUT2D eigenvalue weighted by molar-refractivity contribution is -0.122. The highest BCUT2D eigenvalue weighted by molar-refractivity contribution is 5.82. The zero-order chi connectivity index (χ0) is 14.1. The van der Waals surface area contributed by atoms with Crippen LogP contribution in [-0.4, -0.2) is 51.2 Å². The van der Waals surface area contributed by atoms with E-state index in [4.69, 9.17) is 10.5 Å². The van der Waals surface area contributed by atoms with Gasteiger partial charge in [-0.25, -0.2) is 0 Å².